The Kier molecular flexibility index (Phi) is 9.13. The van der Waals surface area contributed by atoms with Crippen molar-refractivity contribution in [1.82, 2.24) is 0 Å². The number of nitrogens with zero attached hydrogens (tertiary/aromatic N) is 3. The van der Waals surface area contributed by atoms with Crippen LogP contribution in [-0.2, 0) is 0 Å². The van der Waals surface area contributed by atoms with Gasteiger partial charge in [0.1, 0.15) is 29.0 Å². The summed E-state index contributed by atoms with van der Waals surface area (Å²) >= 11 is 1.59. The molecular formula is C28H35N3O2S. The SMILES string of the molecule is CCN1c2ccccc2Sc2c(OCCCC(C)C)c(C#N)c(C#N)c(OCCCC(C)C)c21. The highest BCUT2D eigenvalue weighted by Gasteiger charge is 2.34. The van der Waals surface area contributed by atoms with E-state index in [1.807, 2.05) is 12.1 Å². The Morgan fingerprint density at radius 2 is 1.44 bits per heavy atom. The molecule has 1 aliphatic heterocycles. The van der Waals surface area contributed by atoms with E-state index in [0.717, 1.165) is 46.8 Å². The number of ether oxygens (including phenoxy) is 2. The summed E-state index contributed by atoms with van der Waals surface area (Å²) in [5.41, 5.74) is 2.45. The first-order chi connectivity index (χ1) is 16.4. The Balaban J connectivity index is 2.13. The summed E-state index contributed by atoms with van der Waals surface area (Å²) in [6.45, 7) is 12.6. The third-order valence-corrected chi connectivity index (χ3v) is 7.01. The Morgan fingerprint density at radius 3 is 2.00 bits per heavy atom. The fourth-order valence-electron chi connectivity index (χ4n) is 4.16. The van der Waals surface area contributed by atoms with Gasteiger partial charge in [-0.05, 0) is 56.6 Å². The second-order valence-electron chi connectivity index (χ2n) is 9.39. The number of anilines is 2. The van der Waals surface area contributed by atoms with Gasteiger partial charge in [0.15, 0.2) is 11.5 Å². The Hall–Kier alpha value is -2.83. The van der Waals surface area contributed by atoms with Crippen LogP contribution in [-0.4, -0.2) is 19.8 Å². The molecular weight excluding hydrogens is 442 g/mol. The summed E-state index contributed by atoms with van der Waals surface area (Å²) in [6, 6.07) is 12.7. The number of para-hydroxylation sites is 1. The molecule has 0 saturated carbocycles. The molecule has 3 rings (SSSR count). The van der Waals surface area contributed by atoms with E-state index in [4.69, 9.17) is 9.47 Å². The number of benzene rings is 2. The van der Waals surface area contributed by atoms with Crippen LogP contribution >= 0.6 is 11.8 Å². The predicted molar refractivity (Wildman–Crippen MR) is 138 cm³/mol. The molecule has 34 heavy (non-hydrogen) atoms. The number of nitriles is 2. The van der Waals surface area contributed by atoms with Gasteiger partial charge in [-0.1, -0.05) is 51.6 Å². The largest absolute Gasteiger partial charge is 0.491 e. The Labute approximate surface area is 208 Å². The normalized spacial score (nSPS) is 12.2. The fourth-order valence-corrected chi connectivity index (χ4v) is 5.36. The summed E-state index contributed by atoms with van der Waals surface area (Å²) in [6.07, 6.45) is 3.87. The molecule has 5 nitrogen and oxygen atoms in total. The van der Waals surface area contributed by atoms with Gasteiger partial charge in [0.05, 0.1) is 23.8 Å². The zero-order valence-electron chi connectivity index (χ0n) is 21.0. The number of hydrogen-bond donors (Lipinski definition) is 0. The van der Waals surface area contributed by atoms with Crippen LogP contribution < -0.4 is 14.4 Å². The maximum Gasteiger partial charge on any atom is 0.163 e. The van der Waals surface area contributed by atoms with Gasteiger partial charge in [-0.25, -0.2) is 0 Å². The zero-order valence-corrected chi connectivity index (χ0v) is 21.8. The van der Waals surface area contributed by atoms with Crippen molar-refractivity contribution in [2.45, 2.75) is 70.1 Å². The van der Waals surface area contributed by atoms with Crippen LogP contribution in [0.3, 0.4) is 0 Å². The van der Waals surface area contributed by atoms with Gasteiger partial charge in [-0.2, -0.15) is 10.5 Å². The maximum absolute atomic E-state index is 10.1. The molecule has 6 heteroatoms. The average molecular weight is 478 g/mol. The van der Waals surface area contributed by atoms with Crippen LogP contribution in [0.1, 0.15) is 71.4 Å². The minimum atomic E-state index is 0.267. The van der Waals surface area contributed by atoms with Gasteiger partial charge >= 0.3 is 0 Å². The van der Waals surface area contributed by atoms with E-state index >= 15 is 0 Å². The smallest absolute Gasteiger partial charge is 0.163 e. The van der Waals surface area contributed by atoms with E-state index < -0.39 is 0 Å². The number of rotatable bonds is 11. The van der Waals surface area contributed by atoms with Crippen molar-refractivity contribution in [2.75, 3.05) is 24.7 Å². The van der Waals surface area contributed by atoms with Crippen molar-refractivity contribution < 1.29 is 9.47 Å². The van der Waals surface area contributed by atoms with Crippen LogP contribution in [0.2, 0.25) is 0 Å². The molecule has 2 aromatic carbocycles. The van der Waals surface area contributed by atoms with Gasteiger partial charge in [0, 0.05) is 11.4 Å². The van der Waals surface area contributed by atoms with E-state index in [0.29, 0.717) is 43.1 Å². The third kappa shape index (κ3) is 5.62. The van der Waals surface area contributed by atoms with E-state index in [2.05, 4.69) is 63.8 Å². The quantitative estimate of drug-likeness (QED) is 0.309. The van der Waals surface area contributed by atoms with Gasteiger partial charge < -0.3 is 14.4 Å². The maximum atomic E-state index is 10.1. The first-order valence-electron chi connectivity index (χ1n) is 12.3. The molecule has 0 amide bonds. The second-order valence-corrected chi connectivity index (χ2v) is 10.4. The summed E-state index contributed by atoms with van der Waals surface area (Å²) in [5.74, 6) is 2.17. The molecule has 1 aliphatic rings. The average Bonchev–Trinajstić information content (AvgIpc) is 2.82. The predicted octanol–water partition coefficient (Wildman–Crippen LogP) is 7.68. The molecule has 180 valence electrons. The first-order valence-corrected chi connectivity index (χ1v) is 13.1. The molecule has 0 spiro atoms. The highest BCUT2D eigenvalue weighted by molar-refractivity contribution is 7.99. The summed E-state index contributed by atoms with van der Waals surface area (Å²) < 4.78 is 12.6. The van der Waals surface area contributed by atoms with Crippen molar-refractivity contribution >= 4 is 23.1 Å². The van der Waals surface area contributed by atoms with Crippen LogP contribution in [0.15, 0.2) is 34.1 Å². The van der Waals surface area contributed by atoms with Crippen LogP contribution in [0, 0.1) is 34.5 Å². The molecule has 0 atom stereocenters. The molecule has 0 saturated heterocycles. The van der Waals surface area contributed by atoms with E-state index in [9.17, 15) is 10.5 Å². The van der Waals surface area contributed by atoms with Gasteiger partial charge in [-0.3, -0.25) is 0 Å². The number of hydrogen-bond acceptors (Lipinski definition) is 6. The minimum Gasteiger partial charge on any atom is -0.491 e. The van der Waals surface area contributed by atoms with Gasteiger partial charge in [0.25, 0.3) is 0 Å². The summed E-state index contributed by atoms with van der Waals surface area (Å²) in [4.78, 5) is 4.14. The lowest BCUT2D eigenvalue weighted by molar-refractivity contribution is 0.283. The molecule has 0 N–H and O–H groups in total. The first kappa shape index (κ1) is 25.8. The van der Waals surface area contributed by atoms with Crippen molar-refractivity contribution in [3.63, 3.8) is 0 Å². The van der Waals surface area contributed by atoms with Crippen LogP contribution in [0.5, 0.6) is 11.5 Å². The number of fused-ring (bicyclic) bond motifs is 2. The van der Waals surface area contributed by atoms with Crippen molar-refractivity contribution in [3.8, 4) is 23.6 Å². The van der Waals surface area contributed by atoms with Crippen LogP contribution in [0.4, 0.5) is 11.4 Å². The standard InChI is InChI=1S/C28H35N3O2S/c1-6-31-23-13-7-8-14-24(23)34-28-25(31)26(32-15-9-11-19(2)3)21(17-29)22(18-30)27(28)33-16-10-12-20(4)5/h7-8,13-14,19-20H,6,9-12,15-16H2,1-5H3. The monoisotopic (exact) mass is 477 g/mol. The highest BCUT2D eigenvalue weighted by atomic mass is 32.2. The lowest BCUT2D eigenvalue weighted by Gasteiger charge is -2.35. The lowest BCUT2D eigenvalue weighted by atomic mass is 10.0. The molecule has 2 aromatic rings. The van der Waals surface area contributed by atoms with Crippen molar-refractivity contribution in [2.24, 2.45) is 11.8 Å². The molecule has 1 heterocycles. The summed E-state index contributed by atoms with van der Waals surface area (Å²) in [5, 5.41) is 20.2. The zero-order chi connectivity index (χ0) is 24.7. The Morgan fingerprint density at radius 1 is 0.882 bits per heavy atom. The van der Waals surface area contributed by atoms with Crippen LogP contribution in [0.25, 0.3) is 0 Å². The van der Waals surface area contributed by atoms with E-state index in [1.165, 1.54) is 0 Å². The highest BCUT2D eigenvalue weighted by Crippen LogP contribution is 2.57. The lowest BCUT2D eigenvalue weighted by Crippen LogP contribution is -2.23. The minimum absolute atomic E-state index is 0.267. The van der Waals surface area contributed by atoms with Gasteiger partial charge in [0.2, 0.25) is 0 Å². The molecule has 0 bridgehead atoms. The second kappa shape index (κ2) is 12.0. The van der Waals surface area contributed by atoms with Crippen molar-refractivity contribution in [3.05, 3.63) is 35.4 Å². The fraction of sp³-hybridized carbons (Fsp3) is 0.500. The molecule has 0 fully saturated rings. The molecule has 0 unspecified atom stereocenters. The molecule has 0 radical (unpaired) electrons. The van der Waals surface area contributed by atoms with E-state index in [-0.39, 0.29) is 11.1 Å². The topological polar surface area (TPSA) is 69.3 Å². The van der Waals surface area contributed by atoms with Crippen molar-refractivity contribution in [1.29, 1.82) is 10.5 Å². The van der Waals surface area contributed by atoms with Gasteiger partial charge in [-0.15, -0.1) is 0 Å². The summed E-state index contributed by atoms with van der Waals surface area (Å²) in [7, 11) is 0. The van der Waals surface area contributed by atoms with E-state index in [1.54, 1.807) is 11.8 Å². The molecule has 0 aromatic heterocycles. The third-order valence-electron chi connectivity index (χ3n) is 5.86. The molecule has 0 aliphatic carbocycles. The Bertz CT molecular complexity index is 1080.